The van der Waals surface area contributed by atoms with E-state index in [9.17, 15) is 0 Å². The van der Waals surface area contributed by atoms with Gasteiger partial charge in [0, 0.05) is 13.2 Å². The molecule has 0 aromatic rings. The number of nitrogens with zero attached hydrogens (tertiary/aromatic N) is 1. The minimum absolute atomic E-state index is 0.681. The monoisotopic (exact) mass is 97.1 g/mol. The fourth-order valence-corrected chi connectivity index (χ4v) is 0.367. The quantitative estimate of drug-likeness (QED) is 0.445. The van der Waals surface area contributed by atoms with Crippen LogP contribution in [0.2, 0.25) is 0 Å². The van der Waals surface area contributed by atoms with Crippen LogP contribution in [-0.4, -0.2) is 11.9 Å². The molecule has 0 saturated heterocycles. The van der Waals surface area contributed by atoms with Crippen molar-refractivity contribution in [3.05, 3.63) is 24.9 Å². The molecule has 0 saturated carbocycles. The molecule has 0 aromatic carbocycles. The largest absolute Gasteiger partial charge is 0.448 e. The molecule has 0 aliphatic carbocycles. The van der Waals surface area contributed by atoms with E-state index in [4.69, 9.17) is 4.74 Å². The third kappa shape index (κ3) is 0.585. The molecule has 1 aliphatic heterocycles. The van der Waals surface area contributed by atoms with E-state index in [1.807, 2.05) is 13.2 Å². The van der Waals surface area contributed by atoms with E-state index in [1.165, 1.54) is 0 Å². The van der Waals surface area contributed by atoms with Crippen molar-refractivity contribution in [2.75, 3.05) is 7.05 Å². The Kier molecular flexibility index (Phi) is 0.785. The normalized spacial score (nSPS) is 17.9. The number of ether oxygens (including phenoxy) is 1. The maximum Gasteiger partial charge on any atom is 0.191 e. The van der Waals surface area contributed by atoms with Crippen molar-refractivity contribution >= 4 is 0 Å². The Morgan fingerprint density at radius 1 is 1.86 bits per heavy atom. The van der Waals surface area contributed by atoms with Crippen LogP contribution in [0, 0.1) is 0 Å². The lowest BCUT2D eigenvalue weighted by atomic mass is 10.8. The Hall–Kier alpha value is -0.920. The first kappa shape index (κ1) is 4.24. The van der Waals surface area contributed by atoms with Crippen LogP contribution in [0.4, 0.5) is 0 Å². The first-order chi connectivity index (χ1) is 3.30. The molecule has 1 rings (SSSR count). The lowest BCUT2D eigenvalue weighted by molar-refractivity contribution is 0.297. The summed E-state index contributed by atoms with van der Waals surface area (Å²) in [4.78, 5) is 1.81. The van der Waals surface area contributed by atoms with Crippen LogP contribution in [0.5, 0.6) is 0 Å². The van der Waals surface area contributed by atoms with Gasteiger partial charge < -0.3 is 9.64 Å². The summed E-state index contributed by atoms with van der Waals surface area (Å²) >= 11 is 0. The Bertz CT molecular complexity index is 117. The standard InChI is InChI=1S/C5H7NO/c1-5-6(2)3-4-7-5/h3-4H,1H2,2H3. The van der Waals surface area contributed by atoms with Crippen LogP contribution in [0.15, 0.2) is 24.9 Å². The molecule has 0 unspecified atom stereocenters. The summed E-state index contributed by atoms with van der Waals surface area (Å²) in [6, 6.07) is 0. The second-order valence-corrected chi connectivity index (χ2v) is 1.41. The fourth-order valence-electron chi connectivity index (χ4n) is 0.367. The van der Waals surface area contributed by atoms with Crippen molar-refractivity contribution in [2.24, 2.45) is 0 Å². The molecule has 2 heteroatoms. The van der Waals surface area contributed by atoms with Gasteiger partial charge in [-0.15, -0.1) is 0 Å². The fraction of sp³-hybridized carbons (Fsp3) is 0.200. The maximum absolute atomic E-state index is 4.82. The Morgan fingerprint density at radius 2 is 2.57 bits per heavy atom. The van der Waals surface area contributed by atoms with E-state index in [1.54, 1.807) is 11.2 Å². The van der Waals surface area contributed by atoms with Crippen molar-refractivity contribution < 1.29 is 4.74 Å². The first-order valence-electron chi connectivity index (χ1n) is 2.06. The lowest BCUT2D eigenvalue weighted by Crippen LogP contribution is -2.02. The van der Waals surface area contributed by atoms with Crippen molar-refractivity contribution in [1.29, 1.82) is 0 Å². The molecular formula is C5H7NO. The Morgan fingerprint density at radius 3 is 2.71 bits per heavy atom. The van der Waals surface area contributed by atoms with Gasteiger partial charge >= 0.3 is 0 Å². The highest BCUT2D eigenvalue weighted by Gasteiger charge is 2.01. The predicted octanol–water partition coefficient (Wildman–Crippen LogP) is 0.891. The average Bonchev–Trinajstić information content (AvgIpc) is 1.91. The molecule has 38 valence electrons. The maximum atomic E-state index is 4.82. The van der Waals surface area contributed by atoms with Crippen molar-refractivity contribution in [3.63, 3.8) is 0 Å². The molecule has 0 atom stereocenters. The van der Waals surface area contributed by atoms with Crippen LogP contribution in [0.25, 0.3) is 0 Å². The van der Waals surface area contributed by atoms with Gasteiger partial charge in [0.1, 0.15) is 6.26 Å². The van der Waals surface area contributed by atoms with E-state index in [0.717, 1.165) is 0 Å². The summed E-state index contributed by atoms with van der Waals surface area (Å²) in [5.41, 5.74) is 0. The summed E-state index contributed by atoms with van der Waals surface area (Å²) in [6.45, 7) is 3.58. The summed E-state index contributed by atoms with van der Waals surface area (Å²) in [5, 5.41) is 0. The zero-order valence-electron chi connectivity index (χ0n) is 4.22. The van der Waals surface area contributed by atoms with E-state index < -0.39 is 0 Å². The second kappa shape index (κ2) is 1.30. The Labute approximate surface area is 42.7 Å². The summed E-state index contributed by atoms with van der Waals surface area (Å²) in [7, 11) is 1.88. The molecule has 1 aliphatic rings. The molecule has 0 amide bonds. The van der Waals surface area contributed by atoms with Crippen LogP contribution in [0.3, 0.4) is 0 Å². The van der Waals surface area contributed by atoms with Gasteiger partial charge in [0.15, 0.2) is 5.88 Å². The average molecular weight is 97.1 g/mol. The van der Waals surface area contributed by atoms with Gasteiger partial charge in [-0.05, 0) is 6.58 Å². The van der Waals surface area contributed by atoms with E-state index in [0.29, 0.717) is 5.88 Å². The zero-order valence-corrected chi connectivity index (χ0v) is 4.22. The highest BCUT2D eigenvalue weighted by Crippen LogP contribution is 2.07. The van der Waals surface area contributed by atoms with Gasteiger partial charge in [0.2, 0.25) is 0 Å². The van der Waals surface area contributed by atoms with Crippen LogP contribution >= 0.6 is 0 Å². The molecule has 0 spiro atoms. The summed E-state index contributed by atoms with van der Waals surface area (Å²) < 4.78 is 4.82. The molecule has 2 nitrogen and oxygen atoms in total. The van der Waals surface area contributed by atoms with Crippen LogP contribution in [-0.2, 0) is 4.74 Å². The molecule has 0 aromatic heterocycles. The number of hydrogen-bond acceptors (Lipinski definition) is 2. The molecule has 0 N–H and O–H groups in total. The zero-order chi connectivity index (χ0) is 5.28. The Balaban J connectivity index is 2.62. The van der Waals surface area contributed by atoms with E-state index in [-0.39, 0.29) is 0 Å². The molecule has 0 radical (unpaired) electrons. The summed E-state index contributed by atoms with van der Waals surface area (Å²) in [6.07, 6.45) is 3.41. The van der Waals surface area contributed by atoms with Crippen molar-refractivity contribution in [1.82, 2.24) is 4.90 Å². The lowest BCUT2D eigenvalue weighted by Gasteiger charge is -2.04. The first-order valence-corrected chi connectivity index (χ1v) is 2.06. The third-order valence-electron chi connectivity index (χ3n) is 0.882. The molecular weight excluding hydrogens is 90.1 g/mol. The van der Waals surface area contributed by atoms with Gasteiger partial charge in [-0.3, -0.25) is 0 Å². The highest BCUT2D eigenvalue weighted by atomic mass is 16.5. The molecule has 0 fully saturated rings. The number of hydrogen-bond donors (Lipinski definition) is 0. The SMILES string of the molecule is C=C1OC=CN1C. The summed E-state index contributed by atoms with van der Waals surface area (Å²) in [5.74, 6) is 0.681. The van der Waals surface area contributed by atoms with Crippen molar-refractivity contribution in [3.8, 4) is 0 Å². The molecule has 1 heterocycles. The van der Waals surface area contributed by atoms with E-state index >= 15 is 0 Å². The van der Waals surface area contributed by atoms with Crippen LogP contribution in [0.1, 0.15) is 0 Å². The number of rotatable bonds is 0. The smallest absolute Gasteiger partial charge is 0.191 e. The third-order valence-corrected chi connectivity index (χ3v) is 0.882. The van der Waals surface area contributed by atoms with Gasteiger partial charge in [-0.25, -0.2) is 0 Å². The minimum atomic E-state index is 0.681. The van der Waals surface area contributed by atoms with Gasteiger partial charge in [0.05, 0.1) is 0 Å². The predicted molar refractivity (Wildman–Crippen MR) is 27.1 cm³/mol. The molecule has 0 bridgehead atoms. The van der Waals surface area contributed by atoms with E-state index in [2.05, 4.69) is 6.58 Å². The van der Waals surface area contributed by atoms with Crippen LogP contribution < -0.4 is 0 Å². The topological polar surface area (TPSA) is 12.5 Å². The van der Waals surface area contributed by atoms with Gasteiger partial charge in [0.25, 0.3) is 0 Å². The molecule has 7 heavy (non-hydrogen) atoms. The highest BCUT2D eigenvalue weighted by molar-refractivity contribution is 4.97. The van der Waals surface area contributed by atoms with Crippen molar-refractivity contribution in [2.45, 2.75) is 0 Å². The minimum Gasteiger partial charge on any atom is -0.448 e. The van der Waals surface area contributed by atoms with Gasteiger partial charge in [-0.1, -0.05) is 0 Å². The second-order valence-electron chi connectivity index (χ2n) is 1.41. The van der Waals surface area contributed by atoms with Gasteiger partial charge in [-0.2, -0.15) is 0 Å².